The molecule has 9 heteroatoms. The first-order valence-electron chi connectivity index (χ1n) is 8.90. The number of amides is 1. The standard InChI is InChI=1S/C20H17F3N4O2/c1-26-17(9-16(25-26)13-5-3-2-4-6-13)19(28)27-11-15(12-27)29-18-8-7-14(10-24-18)20(21,22)23/h2-10,15H,11-12H2,1H3. The van der Waals surface area contributed by atoms with E-state index in [0.29, 0.717) is 24.5 Å². The van der Waals surface area contributed by atoms with Gasteiger partial charge in [-0.1, -0.05) is 30.3 Å². The van der Waals surface area contributed by atoms with Gasteiger partial charge in [-0.3, -0.25) is 9.48 Å². The minimum atomic E-state index is -4.44. The van der Waals surface area contributed by atoms with Crippen LogP contribution in [0, 0.1) is 0 Å². The molecule has 0 saturated carbocycles. The highest BCUT2D eigenvalue weighted by molar-refractivity contribution is 5.94. The Morgan fingerprint density at radius 2 is 1.86 bits per heavy atom. The van der Waals surface area contributed by atoms with Gasteiger partial charge in [0.25, 0.3) is 5.91 Å². The second-order valence-corrected chi connectivity index (χ2v) is 6.74. The Balaban J connectivity index is 1.36. The predicted molar refractivity (Wildman–Crippen MR) is 98.2 cm³/mol. The van der Waals surface area contributed by atoms with Crippen LogP contribution in [0.5, 0.6) is 5.88 Å². The quantitative estimate of drug-likeness (QED) is 0.671. The minimum absolute atomic E-state index is 0.0991. The molecule has 1 saturated heterocycles. The molecule has 0 spiro atoms. The molecule has 3 heterocycles. The van der Waals surface area contributed by atoms with E-state index in [4.69, 9.17) is 4.74 Å². The van der Waals surface area contributed by atoms with Gasteiger partial charge >= 0.3 is 6.18 Å². The van der Waals surface area contributed by atoms with Crippen molar-refractivity contribution in [3.05, 3.63) is 66.0 Å². The molecule has 150 valence electrons. The van der Waals surface area contributed by atoms with Gasteiger partial charge in [-0.2, -0.15) is 18.3 Å². The number of pyridine rings is 1. The third-order valence-electron chi connectivity index (χ3n) is 4.65. The van der Waals surface area contributed by atoms with Gasteiger partial charge in [0.15, 0.2) is 0 Å². The first-order valence-corrected chi connectivity index (χ1v) is 8.90. The second-order valence-electron chi connectivity index (χ2n) is 6.74. The lowest BCUT2D eigenvalue weighted by Crippen LogP contribution is -2.56. The third kappa shape index (κ3) is 3.94. The largest absolute Gasteiger partial charge is 0.471 e. The van der Waals surface area contributed by atoms with E-state index < -0.39 is 11.7 Å². The number of hydrogen-bond donors (Lipinski definition) is 0. The number of rotatable bonds is 4. The van der Waals surface area contributed by atoms with Crippen molar-refractivity contribution < 1.29 is 22.7 Å². The molecule has 1 aromatic carbocycles. The van der Waals surface area contributed by atoms with Crippen LogP contribution in [0.1, 0.15) is 16.1 Å². The maximum atomic E-state index is 12.7. The average molecular weight is 402 g/mol. The number of aromatic nitrogens is 3. The lowest BCUT2D eigenvalue weighted by Gasteiger charge is -2.38. The van der Waals surface area contributed by atoms with E-state index in [0.717, 1.165) is 17.8 Å². The van der Waals surface area contributed by atoms with E-state index in [1.165, 1.54) is 10.7 Å². The molecule has 0 N–H and O–H groups in total. The molecule has 29 heavy (non-hydrogen) atoms. The number of alkyl halides is 3. The Kier molecular flexibility index (Phi) is 4.73. The molecule has 0 atom stereocenters. The van der Waals surface area contributed by atoms with Crippen LogP contribution in [0.3, 0.4) is 0 Å². The molecule has 4 rings (SSSR count). The van der Waals surface area contributed by atoms with Gasteiger partial charge in [0.1, 0.15) is 11.8 Å². The summed E-state index contributed by atoms with van der Waals surface area (Å²) >= 11 is 0. The van der Waals surface area contributed by atoms with Crippen LogP contribution in [0.15, 0.2) is 54.7 Å². The Hall–Kier alpha value is -3.36. The fourth-order valence-electron chi connectivity index (χ4n) is 3.05. The monoisotopic (exact) mass is 402 g/mol. The molecule has 0 aliphatic carbocycles. The summed E-state index contributed by atoms with van der Waals surface area (Å²) in [5, 5.41) is 4.39. The van der Waals surface area contributed by atoms with Gasteiger partial charge in [0, 0.05) is 24.9 Å². The molecule has 6 nitrogen and oxygen atoms in total. The fraction of sp³-hybridized carbons (Fsp3) is 0.250. The van der Waals surface area contributed by atoms with Crippen molar-refractivity contribution in [3.63, 3.8) is 0 Å². The molecule has 0 bridgehead atoms. The molecule has 1 amide bonds. The van der Waals surface area contributed by atoms with Crippen molar-refractivity contribution in [1.82, 2.24) is 19.7 Å². The van der Waals surface area contributed by atoms with E-state index in [9.17, 15) is 18.0 Å². The summed E-state index contributed by atoms with van der Waals surface area (Å²) in [5.74, 6) is -0.0793. The van der Waals surface area contributed by atoms with E-state index in [2.05, 4.69) is 10.1 Å². The highest BCUT2D eigenvalue weighted by atomic mass is 19.4. The third-order valence-corrected chi connectivity index (χ3v) is 4.65. The maximum Gasteiger partial charge on any atom is 0.417 e. The van der Waals surface area contributed by atoms with Crippen LogP contribution in [0.4, 0.5) is 13.2 Å². The summed E-state index contributed by atoms with van der Waals surface area (Å²) in [4.78, 5) is 18.0. The summed E-state index contributed by atoms with van der Waals surface area (Å²) in [6, 6.07) is 13.4. The topological polar surface area (TPSA) is 60.2 Å². The molecular formula is C20H17F3N4O2. The molecular weight excluding hydrogens is 385 g/mol. The van der Waals surface area contributed by atoms with Crippen LogP contribution in [-0.2, 0) is 13.2 Å². The number of benzene rings is 1. The van der Waals surface area contributed by atoms with Crippen LogP contribution >= 0.6 is 0 Å². The Morgan fingerprint density at radius 3 is 2.48 bits per heavy atom. The Labute approximate surface area is 164 Å². The van der Waals surface area contributed by atoms with Crippen molar-refractivity contribution in [2.45, 2.75) is 12.3 Å². The van der Waals surface area contributed by atoms with Crippen LogP contribution in [0.2, 0.25) is 0 Å². The molecule has 1 fully saturated rings. The summed E-state index contributed by atoms with van der Waals surface area (Å²) in [5.41, 5.74) is 1.25. The predicted octanol–water partition coefficient (Wildman–Crippen LogP) is 3.40. The normalized spacial score (nSPS) is 14.6. The van der Waals surface area contributed by atoms with Crippen LogP contribution in [-0.4, -0.2) is 44.8 Å². The van der Waals surface area contributed by atoms with Crippen molar-refractivity contribution in [1.29, 1.82) is 0 Å². The van der Waals surface area contributed by atoms with Gasteiger partial charge in [-0.05, 0) is 12.1 Å². The lowest BCUT2D eigenvalue weighted by molar-refractivity contribution is -0.137. The summed E-state index contributed by atoms with van der Waals surface area (Å²) in [7, 11) is 1.71. The number of halogens is 3. The van der Waals surface area contributed by atoms with Gasteiger partial charge < -0.3 is 9.64 Å². The zero-order valence-corrected chi connectivity index (χ0v) is 15.4. The van der Waals surface area contributed by atoms with E-state index >= 15 is 0 Å². The van der Waals surface area contributed by atoms with Crippen molar-refractivity contribution in [2.24, 2.45) is 7.05 Å². The molecule has 3 aromatic rings. The molecule has 1 aliphatic heterocycles. The highest BCUT2D eigenvalue weighted by Crippen LogP contribution is 2.29. The zero-order chi connectivity index (χ0) is 20.6. The molecule has 0 unspecified atom stereocenters. The molecule has 2 aromatic heterocycles. The maximum absolute atomic E-state index is 12.7. The number of hydrogen-bond acceptors (Lipinski definition) is 4. The smallest absolute Gasteiger partial charge is 0.417 e. The van der Waals surface area contributed by atoms with E-state index in [1.54, 1.807) is 18.0 Å². The van der Waals surface area contributed by atoms with E-state index in [-0.39, 0.29) is 17.9 Å². The average Bonchev–Trinajstić information content (AvgIpc) is 3.06. The van der Waals surface area contributed by atoms with E-state index in [1.807, 2.05) is 30.3 Å². The first kappa shape index (κ1) is 19.0. The highest BCUT2D eigenvalue weighted by Gasteiger charge is 2.35. The minimum Gasteiger partial charge on any atom is -0.471 e. The SMILES string of the molecule is Cn1nc(-c2ccccc2)cc1C(=O)N1CC(Oc2ccc(C(F)(F)F)cn2)C1. The van der Waals surface area contributed by atoms with Gasteiger partial charge in [0.2, 0.25) is 5.88 Å². The molecule has 1 aliphatic rings. The summed E-state index contributed by atoms with van der Waals surface area (Å²) in [6.45, 7) is 0.654. The summed E-state index contributed by atoms with van der Waals surface area (Å²) in [6.07, 6.45) is -4.02. The second kappa shape index (κ2) is 7.23. The first-order chi connectivity index (χ1) is 13.8. The number of ether oxygens (including phenoxy) is 1. The Morgan fingerprint density at radius 1 is 1.14 bits per heavy atom. The number of carbonyl (C=O) groups excluding carboxylic acids is 1. The van der Waals surface area contributed by atoms with Gasteiger partial charge in [0.05, 0.1) is 24.3 Å². The fourth-order valence-corrected chi connectivity index (χ4v) is 3.05. The number of carbonyl (C=O) groups is 1. The lowest BCUT2D eigenvalue weighted by atomic mass is 10.1. The van der Waals surface area contributed by atoms with Crippen LogP contribution in [0.25, 0.3) is 11.3 Å². The number of nitrogens with zero attached hydrogens (tertiary/aromatic N) is 4. The van der Waals surface area contributed by atoms with Crippen molar-refractivity contribution >= 4 is 5.91 Å². The Bertz CT molecular complexity index is 1010. The van der Waals surface area contributed by atoms with Gasteiger partial charge in [-0.25, -0.2) is 4.98 Å². The van der Waals surface area contributed by atoms with Gasteiger partial charge in [-0.15, -0.1) is 0 Å². The number of likely N-dealkylation sites (tertiary alicyclic amines) is 1. The zero-order valence-electron chi connectivity index (χ0n) is 15.4. The number of aryl methyl sites for hydroxylation is 1. The van der Waals surface area contributed by atoms with Crippen molar-refractivity contribution in [2.75, 3.05) is 13.1 Å². The van der Waals surface area contributed by atoms with Crippen LogP contribution < -0.4 is 4.74 Å². The summed E-state index contributed by atoms with van der Waals surface area (Å²) < 4.78 is 44.8. The molecule has 0 radical (unpaired) electrons. The van der Waals surface area contributed by atoms with Crippen molar-refractivity contribution in [3.8, 4) is 17.1 Å².